The van der Waals surface area contributed by atoms with E-state index in [2.05, 4.69) is 10.1 Å². The molecule has 0 saturated heterocycles. The second-order valence-corrected chi connectivity index (χ2v) is 6.85. The zero-order chi connectivity index (χ0) is 20.4. The number of halogens is 4. The van der Waals surface area contributed by atoms with Crippen LogP contribution in [0.5, 0.6) is 11.5 Å². The third kappa shape index (κ3) is 4.33. The Kier molecular flexibility index (Phi) is 5.42. The average molecular weight is 409 g/mol. The van der Waals surface area contributed by atoms with Crippen molar-refractivity contribution in [3.63, 3.8) is 0 Å². The molecule has 5 nitrogen and oxygen atoms in total. The highest BCUT2D eigenvalue weighted by atomic mass is 35.5. The van der Waals surface area contributed by atoms with Crippen LogP contribution in [0.25, 0.3) is 0 Å². The van der Waals surface area contributed by atoms with E-state index >= 15 is 0 Å². The molecule has 0 aliphatic rings. The summed E-state index contributed by atoms with van der Waals surface area (Å²) in [4.78, 5) is 3.80. The van der Waals surface area contributed by atoms with Crippen LogP contribution in [0.4, 0.5) is 13.2 Å². The van der Waals surface area contributed by atoms with Crippen molar-refractivity contribution >= 4 is 17.8 Å². The molecule has 0 spiro atoms. The molecule has 0 aliphatic heterocycles. The van der Waals surface area contributed by atoms with Crippen molar-refractivity contribution < 1.29 is 17.9 Å². The second-order valence-electron chi connectivity index (χ2n) is 6.42. The number of rotatable bonds is 6. The maximum atomic E-state index is 13.8. The number of hydrogen-bond donors (Lipinski definition) is 1. The molecule has 0 bridgehead atoms. The Morgan fingerprint density at radius 3 is 2.36 bits per heavy atom. The van der Waals surface area contributed by atoms with Gasteiger partial charge < -0.3 is 10.1 Å². The van der Waals surface area contributed by atoms with Crippen LogP contribution in [0.1, 0.15) is 18.1 Å². The van der Waals surface area contributed by atoms with Gasteiger partial charge in [0.25, 0.3) is 0 Å². The number of nitrogens with zero attached hydrogens (tertiary/aromatic N) is 3. The highest BCUT2D eigenvalue weighted by molar-refractivity contribution is 6.30. The Bertz CT molecular complexity index is 958. The Labute approximate surface area is 164 Å². The topological polar surface area (TPSA) is 63.8 Å². The van der Waals surface area contributed by atoms with E-state index in [4.69, 9.17) is 21.7 Å². The Morgan fingerprint density at radius 2 is 1.79 bits per heavy atom. The van der Waals surface area contributed by atoms with Gasteiger partial charge in [0.2, 0.25) is 0 Å². The van der Waals surface area contributed by atoms with E-state index in [-0.39, 0.29) is 17.9 Å². The van der Waals surface area contributed by atoms with Gasteiger partial charge in [-0.15, -0.1) is 0 Å². The van der Waals surface area contributed by atoms with Crippen molar-refractivity contribution in [3.05, 3.63) is 71.3 Å². The number of hydrogen-bond acceptors (Lipinski definition) is 4. The fraction of sp³-hybridized carbons (Fsp3) is 0.211. The van der Waals surface area contributed by atoms with Crippen molar-refractivity contribution in [3.8, 4) is 11.5 Å². The lowest BCUT2D eigenvalue weighted by Crippen LogP contribution is -2.32. The Balaban J connectivity index is 2.00. The summed E-state index contributed by atoms with van der Waals surface area (Å²) in [7, 11) is 0. The van der Waals surface area contributed by atoms with E-state index in [1.165, 1.54) is 29.5 Å². The van der Waals surface area contributed by atoms with Gasteiger partial charge in [-0.05, 0) is 48.9 Å². The van der Waals surface area contributed by atoms with Gasteiger partial charge in [0.15, 0.2) is 0 Å². The number of ether oxygens (including phenoxy) is 1. The van der Waals surface area contributed by atoms with E-state index in [9.17, 15) is 13.2 Å². The van der Waals surface area contributed by atoms with E-state index in [1.807, 2.05) is 0 Å². The first-order chi connectivity index (χ1) is 13.2. The molecule has 2 aromatic carbocycles. The minimum Gasteiger partial charge on any atom is -0.457 e. The summed E-state index contributed by atoms with van der Waals surface area (Å²) >= 11 is 5.81. The second kappa shape index (κ2) is 7.63. The summed E-state index contributed by atoms with van der Waals surface area (Å²) in [5.74, 6) is 0.397. The molecular formula is C19H16ClF3N4O. The highest BCUT2D eigenvalue weighted by Gasteiger charge is 2.39. The van der Waals surface area contributed by atoms with Crippen LogP contribution in [-0.2, 0) is 18.1 Å². The molecular weight excluding hydrogens is 393 g/mol. The SMILES string of the molecule is CC(C=N)(Cn1cncn1)c1ccc(Oc2ccc(Cl)cc2)cc1C(F)(F)F. The maximum absolute atomic E-state index is 13.8. The minimum atomic E-state index is -4.62. The molecule has 9 heteroatoms. The minimum absolute atomic E-state index is 0.0338. The van der Waals surface area contributed by atoms with Gasteiger partial charge >= 0.3 is 6.18 Å². The van der Waals surface area contributed by atoms with Crippen molar-refractivity contribution in [2.24, 2.45) is 0 Å². The third-order valence-corrected chi connectivity index (χ3v) is 4.49. The maximum Gasteiger partial charge on any atom is 0.416 e. The first kappa shape index (κ1) is 19.9. The van der Waals surface area contributed by atoms with Crippen LogP contribution in [-0.4, -0.2) is 21.0 Å². The Morgan fingerprint density at radius 1 is 1.11 bits per heavy atom. The number of benzene rings is 2. The van der Waals surface area contributed by atoms with Gasteiger partial charge in [-0.25, -0.2) is 4.98 Å². The molecule has 146 valence electrons. The molecule has 1 N–H and O–H groups in total. The van der Waals surface area contributed by atoms with Crippen molar-refractivity contribution in [2.45, 2.75) is 25.1 Å². The van der Waals surface area contributed by atoms with Gasteiger partial charge in [-0.3, -0.25) is 4.68 Å². The summed E-state index contributed by atoms with van der Waals surface area (Å²) < 4.78 is 48.3. The van der Waals surface area contributed by atoms with Crippen molar-refractivity contribution in [1.82, 2.24) is 14.8 Å². The number of nitrogens with one attached hydrogen (secondary N) is 1. The lowest BCUT2D eigenvalue weighted by atomic mass is 9.80. The summed E-state index contributed by atoms with van der Waals surface area (Å²) in [6.45, 7) is 1.59. The van der Waals surface area contributed by atoms with Gasteiger partial charge in [-0.1, -0.05) is 17.7 Å². The Hall–Kier alpha value is -2.87. The lowest BCUT2D eigenvalue weighted by molar-refractivity contribution is -0.138. The molecule has 1 heterocycles. The average Bonchev–Trinajstić information content (AvgIpc) is 3.15. The fourth-order valence-electron chi connectivity index (χ4n) is 2.82. The summed E-state index contributed by atoms with van der Waals surface area (Å²) in [6, 6.07) is 10.0. The molecule has 0 radical (unpaired) electrons. The summed E-state index contributed by atoms with van der Waals surface area (Å²) in [5.41, 5.74) is -2.16. The molecule has 3 aromatic rings. The molecule has 3 rings (SSSR count). The molecule has 0 fully saturated rings. The monoisotopic (exact) mass is 408 g/mol. The highest BCUT2D eigenvalue weighted by Crippen LogP contribution is 2.40. The molecule has 28 heavy (non-hydrogen) atoms. The van der Waals surface area contributed by atoms with Crippen LogP contribution in [0, 0.1) is 5.41 Å². The zero-order valence-corrected chi connectivity index (χ0v) is 15.5. The predicted octanol–water partition coefficient (Wildman–Crippen LogP) is 5.35. The van der Waals surface area contributed by atoms with E-state index < -0.39 is 17.2 Å². The lowest BCUT2D eigenvalue weighted by Gasteiger charge is -2.28. The molecule has 1 atom stereocenters. The smallest absolute Gasteiger partial charge is 0.416 e. The molecule has 1 unspecified atom stereocenters. The fourth-order valence-corrected chi connectivity index (χ4v) is 2.94. The van der Waals surface area contributed by atoms with E-state index in [1.54, 1.807) is 31.2 Å². The molecule has 0 saturated carbocycles. The van der Waals surface area contributed by atoms with E-state index in [0.717, 1.165) is 12.3 Å². The quantitative estimate of drug-likeness (QED) is 0.559. The number of alkyl halides is 3. The molecule has 1 aromatic heterocycles. The first-order valence-electron chi connectivity index (χ1n) is 8.20. The summed E-state index contributed by atoms with van der Waals surface area (Å²) in [5, 5.41) is 12.2. The van der Waals surface area contributed by atoms with Crippen LogP contribution < -0.4 is 4.74 Å². The van der Waals surface area contributed by atoms with Gasteiger partial charge in [-0.2, -0.15) is 18.3 Å². The van der Waals surface area contributed by atoms with E-state index in [0.29, 0.717) is 10.8 Å². The van der Waals surface area contributed by atoms with Crippen LogP contribution in [0.3, 0.4) is 0 Å². The largest absolute Gasteiger partial charge is 0.457 e. The zero-order valence-electron chi connectivity index (χ0n) is 14.7. The first-order valence-corrected chi connectivity index (χ1v) is 8.58. The van der Waals surface area contributed by atoms with Gasteiger partial charge in [0, 0.05) is 16.7 Å². The van der Waals surface area contributed by atoms with Crippen LogP contribution >= 0.6 is 11.6 Å². The van der Waals surface area contributed by atoms with Crippen LogP contribution in [0.15, 0.2) is 55.1 Å². The van der Waals surface area contributed by atoms with Crippen molar-refractivity contribution in [2.75, 3.05) is 0 Å². The predicted molar refractivity (Wildman–Crippen MR) is 99.1 cm³/mol. The normalized spacial score (nSPS) is 13.8. The molecule has 0 amide bonds. The standard InChI is InChI=1S/C19H16ClF3N4O/c1-18(9-24,10-27-12-25-11-26-27)16-7-6-15(8-17(16)19(21,22)23)28-14-4-2-13(20)3-5-14/h2-9,11-12,24H,10H2,1H3. The van der Waals surface area contributed by atoms with Gasteiger partial charge in [0.05, 0.1) is 12.1 Å². The van der Waals surface area contributed by atoms with Gasteiger partial charge in [0.1, 0.15) is 24.2 Å². The molecule has 0 aliphatic carbocycles. The summed E-state index contributed by atoms with van der Waals surface area (Å²) in [6.07, 6.45) is -0.953. The van der Waals surface area contributed by atoms with Crippen molar-refractivity contribution in [1.29, 1.82) is 5.41 Å². The number of aromatic nitrogens is 3. The van der Waals surface area contributed by atoms with Crippen LogP contribution in [0.2, 0.25) is 5.02 Å². The third-order valence-electron chi connectivity index (χ3n) is 4.24.